The van der Waals surface area contributed by atoms with Crippen molar-refractivity contribution in [3.63, 3.8) is 0 Å². The lowest BCUT2D eigenvalue weighted by molar-refractivity contribution is -0.0623. The minimum atomic E-state index is -4.21. The second-order valence-corrected chi connectivity index (χ2v) is 7.81. The first kappa shape index (κ1) is 14.5. The molecule has 8 nitrogen and oxygen atoms in total. The van der Waals surface area contributed by atoms with Gasteiger partial charge in [-0.1, -0.05) is 0 Å². The van der Waals surface area contributed by atoms with E-state index < -0.39 is 54.6 Å². The topological polar surface area (TPSA) is 149 Å². The molecule has 0 amide bonds. The predicted octanol–water partition coefficient (Wildman–Crippen LogP) is -3.30. The maximum atomic E-state index is 11.4. The molecule has 10 heteroatoms. The molecule has 0 aromatic rings. The zero-order chi connectivity index (χ0) is 13.4. The van der Waals surface area contributed by atoms with E-state index in [2.05, 4.69) is 0 Å². The molecule has 17 heavy (non-hydrogen) atoms. The fourth-order valence-corrected chi connectivity index (χ4v) is 5.88. The summed E-state index contributed by atoms with van der Waals surface area (Å²) in [5.41, 5.74) is 0. The molecule has 0 aliphatic carbocycles. The van der Waals surface area contributed by atoms with Crippen molar-refractivity contribution in [1.29, 1.82) is 0 Å². The van der Waals surface area contributed by atoms with E-state index >= 15 is 0 Å². The van der Waals surface area contributed by atoms with Gasteiger partial charge in [0.25, 0.3) is 0 Å². The van der Waals surface area contributed by atoms with Gasteiger partial charge in [-0.3, -0.25) is 0 Å². The van der Waals surface area contributed by atoms with E-state index in [1.165, 1.54) is 0 Å². The van der Waals surface area contributed by atoms with E-state index in [1.807, 2.05) is 0 Å². The zero-order valence-corrected chi connectivity index (χ0v) is 10.1. The summed E-state index contributed by atoms with van der Waals surface area (Å²) >= 11 is 0. The van der Waals surface area contributed by atoms with E-state index in [0.29, 0.717) is 5.41 Å². The number of hydrogen-bond acceptors (Lipinski definition) is 8. The van der Waals surface area contributed by atoms with Crippen LogP contribution in [0.3, 0.4) is 0 Å². The molecule has 1 aliphatic heterocycles. The Balaban J connectivity index is 3.09. The molecular formula is C7H12O8S2. The van der Waals surface area contributed by atoms with Crippen LogP contribution in [0, 0.1) is 0 Å². The summed E-state index contributed by atoms with van der Waals surface area (Å²) in [5.74, 6) is 0. The van der Waals surface area contributed by atoms with Crippen molar-refractivity contribution < 1.29 is 37.3 Å². The largest absolute Gasteiger partial charge is 0.394 e. The number of aliphatic hydroxyl groups excluding tert-OH is 4. The molecule has 1 heterocycles. The van der Waals surface area contributed by atoms with Gasteiger partial charge in [-0.15, -0.1) is 0 Å². The van der Waals surface area contributed by atoms with Gasteiger partial charge in [0.05, 0.1) is 11.5 Å². The fourth-order valence-electron chi connectivity index (χ4n) is 1.31. The van der Waals surface area contributed by atoms with E-state index in [9.17, 15) is 27.0 Å². The standard InChI is InChI=1S/C7H12O8S2/c8-1-4(9)6(10)7(11)5-2-16(12,13)3-17(5,14)15/h2,4,6-11H,1,3H2. The molecule has 0 bridgehead atoms. The Kier molecular flexibility index (Phi) is 3.96. The molecular weight excluding hydrogens is 276 g/mol. The summed E-state index contributed by atoms with van der Waals surface area (Å²) in [7, 11) is -8.19. The lowest BCUT2D eigenvalue weighted by atomic mass is 10.1. The van der Waals surface area contributed by atoms with Crippen molar-refractivity contribution in [1.82, 2.24) is 0 Å². The number of aliphatic hydroxyl groups is 4. The van der Waals surface area contributed by atoms with Gasteiger partial charge in [0.1, 0.15) is 18.3 Å². The average Bonchev–Trinajstić information content (AvgIpc) is 2.43. The molecule has 100 valence electrons. The van der Waals surface area contributed by atoms with E-state index in [4.69, 9.17) is 10.2 Å². The van der Waals surface area contributed by atoms with Gasteiger partial charge < -0.3 is 20.4 Å². The van der Waals surface area contributed by atoms with Crippen molar-refractivity contribution in [3.8, 4) is 0 Å². The highest BCUT2D eigenvalue weighted by Crippen LogP contribution is 2.26. The summed E-state index contributed by atoms with van der Waals surface area (Å²) in [6, 6.07) is 0. The van der Waals surface area contributed by atoms with Gasteiger partial charge >= 0.3 is 0 Å². The molecule has 0 saturated carbocycles. The molecule has 1 rings (SSSR count). The monoisotopic (exact) mass is 288 g/mol. The van der Waals surface area contributed by atoms with Crippen LogP contribution in [-0.2, 0) is 19.7 Å². The highest BCUT2D eigenvalue weighted by Gasteiger charge is 2.41. The molecule has 0 fully saturated rings. The zero-order valence-electron chi connectivity index (χ0n) is 8.46. The van der Waals surface area contributed by atoms with Crippen LogP contribution in [-0.4, -0.2) is 67.3 Å². The van der Waals surface area contributed by atoms with Crippen molar-refractivity contribution >= 4 is 19.7 Å². The number of rotatable bonds is 4. The van der Waals surface area contributed by atoms with Crippen molar-refractivity contribution in [2.75, 3.05) is 11.7 Å². The van der Waals surface area contributed by atoms with Crippen molar-refractivity contribution in [3.05, 3.63) is 10.3 Å². The first-order valence-electron chi connectivity index (χ1n) is 4.43. The summed E-state index contributed by atoms with van der Waals surface area (Å²) in [6.45, 7) is -0.904. The summed E-state index contributed by atoms with van der Waals surface area (Å²) in [6.07, 6.45) is -5.86. The Bertz CT molecular complexity index is 516. The minimum Gasteiger partial charge on any atom is -0.394 e. The molecule has 1 aliphatic rings. The Hall–Kier alpha value is -0.520. The molecule has 4 N–H and O–H groups in total. The van der Waals surface area contributed by atoms with Gasteiger partial charge in [-0.2, -0.15) is 0 Å². The van der Waals surface area contributed by atoms with Crippen LogP contribution in [0.15, 0.2) is 10.3 Å². The maximum absolute atomic E-state index is 11.4. The number of hydrogen-bond donors (Lipinski definition) is 4. The summed E-state index contributed by atoms with van der Waals surface area (Å²) in [4.78, 5) is -0.877. The van der Waals surface area contributed by atoms with Crippen LogP contribution in [0.25, 0.3) is 0 Å². The van der Waals surface area contributed by atoms with Gasteiger partial charge in [0.2, 0.25) is 0 Å². The van der Waals surface area contributed by atoms with Gasteiger partial charge in [-0.25, -0.2) is 16.8 Å². The lowest BCUT2D eigenvalue weighted by Gasteiger charge is -2.21. The van der Waals surface area contributed by atoms with E-state index in [1.54, 1.807) is 0 Å². The first-order chi connectivity index (χ1) is 7.60. The molecule has 3 atom stereocenters. The third-order valence-corrected chi connectivity index (χ3v) is 6.57. The highest BCUT2D eigenvalue weighted by molar-refractivity contribution is 8.14. The maximum Gasteiger partial charge on any atom is 0.192 e. The third-order valence-electron chi connectivity index (χ3n) is 2.17. The lowest BCUT2D eigenvalue weighted by Crippen LogP contribution is -2.41. The highest BCUT2D eigenvalue weighted by atomic mass is 32.3. The Labute approximate surface area is 97.7 Å². The SMILES string of the molecule is O=S1(=O)C=C(C(O)C(O)C(O)CO)S(=O)(=O)C1. The van der Waals surface area contributed by atoms with Crippen LogP contribution in [0.5, 0.6) is 0 Å². The summed E-state index contributed by atoms with van der Waals surface area (Å²) in [5, 5.41) is 35.5. The Morgan fingerprint density at radius 2 is 1.71 bits per heavy atom. The van der Waals surface area contributed by atoms with Gasteiger partial charge in [-0.05, 0) is 0 Å². The van der Waals surface area contributed by atoms with Gasteiger partial charge in [0.15, 0.2) is 24.8 Å². The van der Waals surface area contributed by atoms with Gasteiger partial charge in [0, 0.05) is 5.41 Å². The summed E-state index contributed by atoms with van der Waals surface area (Å²) < 4.78 is 44.9. The molecule has 0 aromatic carbocycles. The number of sulfone groups is 2. The molecule has 0 aromatic heterocycles. The fraction of sp³-hybridized carbons (Fsp3) is 0.714. The van der Waals surface area contributed by atoms with Crippen LogP contribution in [0.2, 0.25) is 0 Å². The van der Waals surface area contributed by atoms with E-state index in [-0.39, 0.29) is 0 Å². The molecule has 0 spiro atoms. The van der Waals surface area contributed by atoms with Crippen LogP contribution < -0.4 is 0 Å². The molecule has 0 radical (unpaired) electrons. The van der Waals surface area contributed by atoms with Crippen LogP contribution in [0.4, 0.5) is 0 Å². The smallest absolute Gasteiger partial charge is 0.192 e. The normalized spacial score (nSPS) is 27.2. The van der Waals surface area contributed by atoms with Crippen molar-refractivity contribution in [2.45, 2.75) is 18.3 Å². The second-order valence-electron chi connectivity index (χ2n) is 3.60. The Morgan fingerprint density at radius 1 is 1.18 bits per heavy atom. The first-order valence-corrected chi connectivity index (χ1v) is 7.79. The average molecular weight is 288 g/mol. The second kappa shape index (κ2) is 4.63. The Morgan fingerprint density at radius 3 is 2.06 bits per heavy atom. The third kappa shape index (κ3) is 3.03. The van der Waals surface area contributed by atoms with Crippen molar-refractivity contribution in [2.24, 2.45) is 0 Å². The van der Waals surface area contributed by atoms with E-state index in [0.717, 1.165) is 0 Å². The molecule has 3 unspecified atom stereocenters. The van der Waals surface area contributed by atoms with Crippen LogP contribution >= 0.6 is 0 Å². The van der Waals surface area contributed by atoms with Crippen LogP contribution in [0.1, 0.15) is 0 Å². The molecule has 0 saturated heterocycles. The predicted molar refractivity (Wildman–Crippen MR) is 55.9 cm³/mol. The minimum absolute atomic E-state index is 0.348. The quantitative estimate of drug-likeness (QED) is 0.420.